The smallest absolute Gasteiger partial charge is 0.282 e. The van der Waals surface area contributed by atoms with E-state index in [4.69, 9.17) is 5.26 Å². The van der Waals surface area contributed by atoms with Crippen LogP contribution in [0.2, 0.25) is 0 Å². The van der Waals surface area contributed by atoms with Crippen molar-refractivity contribution >= 4 is 28.8 Å². The average Bonchev–Trinajstić information content (AvgIpc) is 3.03. The monoisotopic (exact) mass is 439 g/mol. The molecule has 0 radical (unpaired) electrons. The van der Waals surface area contributed by atoms with Crippen molar-refractivity contribution in [3.8, 4) is 6.07 Å². The molecule has 0 saturated carbocycles. The molecule has 0 aromatic heterocycles. The zero-order valence-corrected chi connectivity index (χ0v) is 18.5. The molecule has 3 aromatic rings. The fraction of sp³-hybridized carbons (Fsp3) is 0.148. The Morgan fingerprint density at radius 3 is 2.00 bits per heavy atom. The highest BCUT2D eigenvalue weighted by molar-refractivity contribution is 6.46. The highest BCUT2D eigenvalue weighted by Gasteiger charge is 2.40. The molecule has 1 heterocycles. The van der Waals surface area contributed by atoms with Gasteiger partial charge >= 0.3 is 0 Å². The Morgan fingerprint density at radius 2 is 1.45 bits per heavy atom. The van der Waals surface area contributed by atoms with Gasteiger partial charge in [0.1, 0.15) is 11.5 Å². The Morgan fingerprint density at radius 1 is 0.848 bits per heavy atom. The number of hydrogen-bond donors (Lipinski definition) is 1. The summed E-state index contributed by atoms with van der Waals surface area (Å²) in [5.74, 6) is -1.48. The third-order valence-electron chi connectivity index (χ3n) is 5.49. The summed E-state index contributed by atoms with van der Waals surface area (Å²) in [4.78, 5) is 27.8. The van der Waals surface area contributed by atoms with Crippen LogP contribution in [-0.4, -0.2) is 11.8 Å². The summed E-state index contributed by atoms with van der Waals surface area (Å²) in [7, 11) is 0. The minimum Gasteiger partial charge on any atom is -0.350 e. The number of amides is 2. The van der Waals surface area contributed by atoms with Crippen LogP contribution in [0.1, 0.15) is 37.5 Å². The van der Waals surface area contributed by atoms with Gasteiger partial charge in [-0.25, -0.2) is 9.29 Å². The minimum atomic E-state index is -0.524. The van der Waals surface area contributed by atoms with Crippen LogP contribution >= 0.6 is 0 Å². The predicted octanol–water partition coefficient (Wildman–Crippen LogP) is 5.39. The maximum Gasteiger partial charge on any atom is 0.282 e. The third-order valence-corrected chi connectivity index (χ3v) is 5.49. The Hall–Kier alpha value is -4.24. The maximum absolute atomic E-state index is 13.5. The van der Waals surface area contributed by atoms with Gasteiger partial charge in [-0.15, -0.1) is 0 Å². The predicted molar refractivity (Wildman–Crippen MR) is 126 cm³/mol. The van der Waals surface area contributed by atoms with Gasteiger partial charge in [-0.2, -0.15) is 5.26 Å². The second-order valence-corrected chi connectivity index (χ2v) is 8.81. The van der Waals surface area contributed by atoms with Crippen molar-refractivity contribution in [3.63, 3.8) is 0 Å². The lowest BCUT2D eigenvalue weighted by molar-refractivity contribution is -0.120. The number of hydrogen-bond acceptors (Lipinski definition) is 4. The van der Waals surface area contributed by atoms with Crippen molar-refractivity contribution < 1.29 is 14.0 Å². The van der Waals surface area contributed by atoms with Crippen LogP contribution < -0.4 is 10.2 Å². The molecule has 5 nitrogen and oxygen atoms in total. The van der Waals surface area contributed by atoms with Gasteiger partial charge in [0.05, 0.1) is 22.9 Å². The van der Waals surface area contributed by atoms with E-state index in [9.17, 15) is 14.0 Å². The molecule has 0 atom stereocenters. The summed E-state index contributed by atoms with van der Waals surface area (Å²) in [6.07, 6.45) is 0. The molecule has 1 aliphatic rings. The summed E-state index contributed by atoms with van der Waals surface area (Å²) in [6, 6.07) is 21.3. The van der Waals surface area contributed by atoms with Crippen LogP contribution in [0.15, 0.2) is 78.5 Å². The van der Waals surface area contributed by atoms with E-state index in [2.05, 4.69) is 26.1 Å². The second-order valence-electron chi connectivity index (χ2n) is 8.81. The van der Waals surface area contributed by atoms with Gasteiger partial charge in [-0.05, 0) is 65.1 Å². The standard InChI is InChI=1S/C27H22FN3O2/c1-27(2,3)19-8-12-21(13-9-19)30-24-23(18-6-10-20(28)11-7-18)25(32)31(26(24)33)22-14-4-17(16-29)5-15-22/h4-15,30H,1-3H3. The van der Waals surface area contributed by atoms with E-state index in [0.717, 1.165) is 10.5 Å². The number of carbonyl (C=O) groups excluding carboxylic acids is 2. The van der Waals surface area contributed by atoms with Gasteiger partial charge in [0.25, 0.3) is 11.8 Å². The number of imide groups is 1. The molecule has 2 amide bonds. The molecule has 0 saturated heterocycles. The number of nitrogens with one attached hydrogen (secondary N) is 1. The summed E-state index contributed by atoms with van der Waals surface area (Å²) in [6.45, 7) is 6.33. The van der Waals surface area contributed by atoms with Crippen molar-refractivity contribution in [3.05, 3.63) is 101 Å². The Balaban J connectivity index is 1.76. The van der Waals surface area contributed by atoms with E-state index in [1.807, 2.05) is 30.3 Å². The lowest BCUT2D eigenvalue weighted by Crippen LogP contribution is -2.32. The van der Waals surface area contributed by atoms with Crippen LogP contribution in [0, 0.1) is 17.1 Å². The number of nitrogens with zero attached hydrogens (tertiary/aromatic N) is 2. The molecule has 1 aliphatic heterocycles. The first-order chi connectivity index (χ1) is 15.7. The first-order valence-electron chi connectivity index (χ1n) is 10.5. The summed E-state index contributed by atoms with van der Waals surface area (Å²) < 4.78 is 13.5. The normalized spacial score (nSPS) is 14.0. The zero-order valence-electron chi connectivity index (χ0n) is 18.5. The van der Waals surface area contributed by atoms with Crippen molar-refractivity contribution in [1.82, 2.24) is 0 Å². The average molecular weight is 439 g/mol. The molecule has 6 heteroatoms. The highest BCUT2D eigenvalue weighted by Crippen LogP contribution is 2.34. The van der Waals surface area contributed by atoms with Gasteiger partial charge in [0.2, 0.25) is 0 Å². The number of anilines is 2. The molecule has 0 aliphatic carbocycles. The third kappa shape index (κ3) is 4.26. The molecular formula is C27H22FN3O2. The summed E-state index contributed by atoms with van der Waals surface area (Å²) >= 11 is 0. The fourth-order valence-electron chi connectivity index (χ4n) is 3.65. The Kier molecular flexibility index (Phi) is 5.57. The molecule has 164 valence electrons. The van der Waals surface area contributed by atoms with Crippen molar-refractivity contribution in [1.29, 1.82) is 5.26 Å². The van der Waals surface area contributed by atoms with Crippen molar-refractivity contribution in [2.24, 2.45) is 0 Å². The van der Waals surface area contributed by atoms with Gasteiger partial charge < -0.3 is 5.32 Å². The largest absolute Gasteiger partial charge is 0.350 e. The van der Waals surface area contributed by atoms with E-state index < -0.39 is 17.6 Å². The SMILES string of the molecule is CC(C)(C)c1ccc(NC2=C(c3ccc(F)cc3)C(=O)N(c3ccc(C#N)cc3)C2=O)cc1. The number of carbonyl (C=O) groups is 2. The van der Waals surface area contributed by atoms with Gasteiger partial charge in [0, 0.05) is 5.69 Å². The zero-order chi connectivity index (χ0) is 23.8. The van der Waals surface area contributed by atoms with Crippen LogP contribution in [0.25, 0.3) is 5.57 Å². The molecule has 0 spiro atoms. The van der Waals surface area contributed by atoms with Crippen molar-refractivity contribution in [2.45, 2.75) is 26.2 Å². The van der Waals surface area contributed by atoms with Crippen LogP contribution in [0.3, 0.4) is 0 Å². The van der Waals surface area contributed by atoms with Gasteiger partial charge in [-0.3, -0.25) is 9.59 Å². The topological polar surface area (TPSA) is 73.2 Å². The lowest BCUT2D eigenvalue weighted by Gasteiger charge is -2.19. The highest BCUT2D eigenvalue weighted by atomic mass is 19.1. The lowest BCUT2D eigenvalue weighted by atomic mass is 9.87. The van der Waals surface area contributed by atoms with Gasteiger partial charge in [0.15, 0.2) is 0 Å². The van der Waals surface area contributed by atoms with E-state index >= 15 is 0 Å². The first-order valence-corrected chi connectivity index (χ1v) is 10.5. The maximum atomic E-state index is 13.5. The molecular weight excluding hydrogens is 417 g/mol. The van der Waals surface area contributed by atoms with Crippen LogP contribution in [-0.2, 0) is 15.0 Å². The van der Waals surface area contributed by atoms with Crippen LogP contribution in [0.4, 0.5) is 15.8 Å². The molecule has 33 heavy (non-hydrogen) atoms. The molecule has 0 unspecified atom stereocenters. The van der Waals surface area contributed by atoms with E-state index in [-0.39, 0.29) is 16.7 Å². The number of nitriles is 1. The molecule has 1 N–H and O–H groups in total. The molecule has 3 aromatic carbocycles. The summed E-state index contributed by atoms with van der Waals surface area (Å²) in [5, 5.41) is 12.1. The summed E-state index contributed by atoms with van der Waals surface area (Å²) in [5.41, 5.74) is 3.23. The molecule has 0 bridgehead atoms. The number of rotatable bonds is 4. The van der Waals surface area contributed by atoms with E-state index in [0.29, 0.717) is 22.5 Å². The van der Waals surface area contributed by atoms with Gasteiger partial charge in [-0.1, -0.05) is 45.0 Å². The minimum absolute atomic E-state index is 0.0252. The van der Waals surface area contributed by atoms with Crippen LogP contribution in [0.5, 0.6) is 0 Å². The second kappa shape index (κ2) is 8.36. The molecule has 0 fully saturated rings. The number of halogens is 1. The van der Waals surface area contributed by atoms with E-state index in [1.54, 1.807) is 24.3 Å². The molecule has 4 rings (SSSR count). The van der Waals surface area contributed by atoms with Crippen molar-refractivity contribution in [2.75, 3.05) is 10.2 Å². The fourth-order valence-corrected chi connectivity index (χ4v) is 3.65. The Bertz CT molecular complexity index is 1290. The van der Waals surface area contributed by atoms with E-state index in [1.165, 1.54) is 24.3 Å². The first kappa shape index (κ1) is 22.0. The Labute approximate surface area is 191 Å². The quantitative estimate of drug-likeness (QED) is 0.553. The number of benzene rings is 3.